The smallest absolute Gasteiger partial charge is 0.327 e. The fourth-order valence-corrected chi connectivity index (χ4v) is 4.08. The van der Waals surface area contributed by atoms with Crippen molar-refractivity contribution in [3.05, 3.63) is 0 Å². The minimum absolute atomic E-state index is 0.218. The van der Waals surface area contributed by atoms with Crippen LogP contribution in [0.15, 0.2) is 0 Å². The van der Waals surface area contributed by atoms with Crippen molar-refractivity contribution in [2.24, 2.45) is 5.92 Å². The van der Waals surface area contributed by atoms with Gasteiger partial charge in [-0.25, -0.2) is 9.59 Å². The molecule has 5 nitrogen and oxygen atoms in total. The van der Waals surface area contributed by atoms with Crippen LogP contribution in [0.1, 0.15) is 38.5 Å². The van der Waals surface area contributed by atoms with Gasteiger partial charge in [-0.3, -0.25) is 0 Å². The van der Waals surface area contributed by atoms with Crippen LogP contribution in [0.3, 0.4) is 0 Å². The van der Waals surface area contributed by atoms with Gasteiger partial charge in [0, 0.05) is 24.6 Å². The van der Waals surface area contributed by atoms with Crippen molar-refractivity contribution >= 4 is 23.8 Å². The summed E-state index contributed by atoms with van der Waals surface area (Å²) in [4.78, 5) is 24.7. The van der Waals surface area contributed by atoms with Crippen LogP contribution in [0, 0.1) is 5.92 Å². The fraction of sp³-hybridized carbons (Fsp3) is 0.857. The molecule has 0 spiro atoms. The summed E-state index contributed by atoms with van der Waals surface area (Å²) in [6.07, 6.45) is 7.54. The minimum atomic E-state index is -0.904. The van der Waals surface area contributed by atoms with Crippen LogP contribution < -0.4 is 5.32 Å². The van der Waals surface area contributed by atoms with Crippen LogP contribution in [0.5, 0.6) is 0 Å². The van der Waals surface area contributed by atoms with Gasteiger partial charge >= 0.3 is 12.0 Å². The molecule has 2 fully saturated rings. The molecule has 2 aliphatic rings. The van der Waals surface area contributed by atoms with E-state index in [0.717, 1.165) is 18.1 Å². The van der Waals surface area contributed by atoms with Crippen molar-refractivity contribution in [2.45, 2.75) is 44.6 Å². The lowest BCUT2D eigenvalue weighted by Crippen LogP contribution is -2.53. The van der Waals surface area contributed by atoms with E-state index in [-0.39, 0.29) is 6.03 Å². The Balaban J connectivity index is 1.68. The van der Waals surface area contributed by atoms with E-state index in [9.17, 15) is 9.59 Å². The third kappa shape index (κ3) is 4.30. The Hall–Kier alpha value is -0.910. The largest absolute Gasteiger partial charge is 0.480 e. The predicted octanol–water partition coefficient (Wildman–Crippen LogP) is 2.17. The Bertz CT molecular complexity index is 345. The molecule has 20 heavy (non-hydrogen) atoms. The first-order chi connectivity index (χ1) is 9.68. The van der Waals surface area contributed by atoms with Gasteiger partial charge in [0.1, 0.15) is 6.04 Å². The molecule has 6 heteroatoms. The standard InChI is InChI=1S/C14H24N2O3S/c17-13(18)12-10-20-9-8-16(12)14(19)15-7-3-6-11-4-1-2-5-11/h11-12H,1-10H2,(H,15,19)(H,17,18). The topological polar surface area (TPSA) is 69.6 Å². The van der Waals surface area contributed by atoms with Crippen molar-refractivity contribution in [3.63, 3.8) is 0 Å². The van der Waals surface area contributed by atoms with Crippen LogP contribution >= 0.6 is 11.8 Å². The third-order valence-corrected chi connectivity index (χ3v) is 5.24. The van der Waals surface area contributed by atoms with E-state index in [1.807, 2.05) is 0 Å². The molecule has 2 N–H and O–H groups in total. The average Bonchev–Trinajstić information content (AvgIpc) is 2.96. The average molecular weight is 300 g/mol. The highest BCUT2D eigenvalue weighted by Gasteiger charge is 2.32. The maximum atomic E-state index is 12.1. The SMILES string of the molecule is O=C(O)C1CSCCN1C(=O)NCCCC1CCCC1. The Morgan fingerprint density at radius 1 is 1.30 bits per heavy atom. The van der Waals surface area contributed by atoms with Crippen molar-refractivity contribution in [1.29, 1.82) is 0 Å². The molecule has 114 valence electrons. The van der Waals surface area contributed by atoms with Gasteiger partial charge in [0.2, 0.25) is 0 Å². The maximum absolute atomic E-state index is 12.1. The zero-order chi connectivity index (χ0) is 14.4. The lowest BCUT2D eigenvalue weighted by atomic mass is 10.0. The molecular weight excluding hydrogens is 276 g/mol. The molecular formula is C14H24N2O3S. The Labute approximate surface area is 124 Å². The number of hydrogen-bond donors (Lipinski definition) is 2. The first kappa shape index (κ1) is 15.5. The number of carboxylic acid groups (broad SMARTS) is 1. The van der Waals surface area contributed by atoms with Crippen LogP contribution in [0.2, 0.25) is 0 Å². The highest BCUT2D eigenvalue weighted by atomic mass is 32.2. The molecule has 1 heterocycles. The summed E-state index contributed by atoms with van der Waals surface area (Å²) >= 11 is 1.60. The van der Waals surface area contributed by atoms with Crippen molar-refractivity contribution in [2.75, 3.05) is 24.6 Å². The van der Waals surface area contributed by atoms with Gasteiger partial charge in [-0.1, -0.05) is 25.7 Å². The van der Waals surface area contributed by atoms with Gasteiger partial charge in [-0.05, 0) is 18.8 Å². The number of amides is 2. The number of rotatable bonds is 5. The number of hydrogen-bond acceptors (Lipinski definition) is 3. The number of nitrogens with zero attached hydrogens (tertiary/aromatic N) is 1. The quantitative estimate of drug-likeness (QED) is 0.763. The number of carboxylic acids is 1. The first-order valence-corrected chi connectivity index (χ1v) is 8.69. The Morgan fingerprint density at radius 3 is 2.75 bits per heavy atom. The van der Waals surface area contributed by atoms with Gasteiger partial charge in [-0.2, -0.15) is 11.8 Å². The summed E-state index contributed by atoms with van der Waals surface area (Å²) < 4.78 is 0. The number of thioether (sulfide) groups is 1. The lowest BCUT2D eigenvalue weighted by molar-refractivity contribution is -0.141. The Kier molecular flexibility index (Phi) is 6.01. The van der Waals surface area contributed by atoms with Crippen molar-refractivity contribution in [1.82, 2.24) is 10.2 Å². The number of nitrogens with one attached hydrogen (secondary N) is 1. The Morgan fingerprint density at radius 2 is 2.05 bits per heavy atom. The van der Waals surface area contributed by atoms with Gasteiger partial charge in [0.25, 0.3) is 0 Å². The van der Waals surface area contributed by atoms with Crippen LogP contribution in [-0.2, 0) is 4.79 Å². The molecule has 0 aromatic carbocycles. The number of aliphatic carboxylic acids is 1. The summed E-state index contributed by atoms with van der Waals surface area (Å²) in [5, 5.41) is 12.0. The number of carbonyl (C=O) groups excluding carboxylic acids is 1. The molecule has 0 aromatic rings. The molecule has 2 rings (SSSR count). The molecule has 1 saturated heterocycles. The normalized spacial score (nSPS) is 23.8. The monoisotopic (exact) mass is 300 g/mol. The molecule has 0 bridgehead atoms. The van der Waals surface area contributed by atoms with Crippen molar-refractivity contribution in [3.8, 4) is 0 Å². The van der Waals surface area contributed by atoms with Gasteiger partial charge < -0.3 is 15.3 Å². The van der Waals surface area contributed by atoms with E-state index in [1.165, 1.54) is 37.0 Å². The number of urea groups is 1. The summed E-state index contributed by atoms with van der Waals surface area (Å²) in [7, 11) is 0. The second-order valence-electron chi connectivity index (χ2n) is 5.65. The molecule has 1 atom stereocenters. The predicted molar refractivity (Wildman–Crippen MR) is 80.0 cm³/mol. The molecule has 1 aliphatic carbocycles. The maximum Gasteiger partial charge on any atom is 0.327 e. The highest BCUT2D eigenvalue weighted by Crippen LogP contribution is 2.28. The van der Waals surface area contributed by atoms with E-state index >= 15 is 0 Å². The lowest BCUT2D eigenvalue weighted by Gasteiger charge is -2.32. The van der Waals surface area contributed by atoms with Gasteiger partial charge in [0.05, 0.1) is 0 Å². The molecule has 0 aromatic heterocycles. The van der Waals surface area contributed by atoms with E-state index in [4.69, 9.17) is 5.11 Å². The zero-order valence-corrected chi connectivity index (χ0v) is 12.7. The van der Waals surface area contributed by atoms with E-state index in [1.54, 1.807) is 11.8 Å². The minimum Gasteiger partial charge on any atom is -0.480 e. The summed E-state index contributed by atoms with van der Waals surface area (Å²) in [6.45, 7) is 1.18. The second-order valence-corrected chi connectivity index (χ2v) is 6.80. The highest BCUT2D eigenvalue weighted by molar-refractivity contribution is 7.99. The summed E-state index contributed by atoms with van der Waals surface area (Å²) in [6, 6.07) is -0.896. The molecule has 1 saturated carbocycles. The fourth-order valence-electron chi connectivity index (χ4n) is 3.04. The van der Waals surface area contributed by atoms with Crippen LogP contribution in [0.4, 0.5) is 4.79 Å². The van der Waals surface area contributed by atoms with E-state index < -0.39 is 12.0 Å². The van der Waals surface area contributed by atoms with E-state index in [0.29, 0.717) is 18.8 Å². The molecule has 0 radical (unpaired) electrons. The molecule has 1 aliphatic heterocycles. The van der Waals surface area contributed by atoms with Crippen LogP contribution in [0.25, 0.3) is 0 Å². The molecule has 2 amide bonds. The van der Waals surface area contributed by atoms with Crippen molar-refractivity contribution < 1.29 is 14.7 Å². The van der Waals surface area contributed by atoms with Gasteiger partial charge in [-0.15, -0.1) is 0 Å². The summed E-state index contributed by atoms with van der Waals surface area (Å²) in [5.41, 5.74) is 0. The molecule has 1 unspecified atom stereocenters. The summed E-state index contributed by atoms with van der Waals surface area (Å²) in [5.74, 6) is 1.24. The first-order valence-electron chi connectivity index (χ1n) is 7.53. The zero-order valence-electron chi connectivity index (χ0n) is 11.8. The van der Waals surface area contributed by atoms with Gasteiger partial charge in [0.15, 0.2) is 0 Å². The van der Waals surface area contributed by atoms with Crippen LogP contribution in [-0.4, -0.2) is 52.6 Å². The van der Waals surface area contributed by atoms with E-state index in [2.05, 4.69) is 5.32 Å². The number of carbonyl (C=O) groups is 2. The second kappa shape index (κ2) is 7.76. The third-order valence-electron chi connectivity index (χ3n) is 4.21.